The molecule has 4 nitrogen and oxygen atoms in total. The van der Waals surface area contributed by atoms with Crippen LogP contribution in [-0.4, -0.2) is 42.3 Å². The highest BCUT2D eigenvalue weighted by Gasteiger charge is 2.23. The van der Waals surface area contributed by atoms with Gasteiger partial charge in [0.05, 0.1) is 5.56 Å². The van der Waals surface area contributed by atoms with Gasteiger partial charge in [0.2, 0.25) is 0 Å². The molecule has 0 saturated carbocycles. The number of carbonyl (C=O) groups excluding carboxylic acids is 2. The molecule has 1 N–H and O–H groups in total. The Morgan fingerprint density at radius 2 is 1.66 bits per heavy atom. The third kappa shape index (κ3) is 5.78. The van der Waals surface area contributed by atoms with Gasteiger partial charge in [-0.3, -0.25) is 14.5 Å². The number of rotatable bonds is 6. The van der Waals surface area contributed by atoms with E-state index in [0.717, 1.165) is 32.5 Å². The van der Waals surface area contributed by atoms with E-state index in [2.05, 4.69) is 30.1 Å². The zero-order valence-corrected chi connectivity index (χ0v) is 17.7. The van der Waals surface area contributed by atoms with Crippen LogP contribution in [0.1, 0.15) is 53.0 Å². The fourth-order valence-electron chi connectivity index (χ4n) is 3.47. The number of halogens is 1. The van der Waals surface area contributed by atoms with Gasteiger partial charge in [-0.05, 0) is 57.0 Å². The van der Waals surface area contributed by atoms with E-state index in [-0.39, 0.29) is 17.7 Å². The molecular weight excluding hydrogens is 384 g/mol. The quantitative estimate of drug-likeness (QED) is 0.553. The number of piperidine rings is 1. The molecule has 1 fully saturated rings. The summed E-state index contributed by atoms with van der Waals surface area (Å²) in [4.78, 5) is 28.2. The Bertz CT molecular complexity index is 893. The molecule has 0 aromatic heterocycles. The van der Waals surface area contributed by atoms with Crippen LogP contribution in [0.3, 0.4) is 0 Å². The fourth-order valence-corrected chi connectivity index (χ4v) is 3.60. The first kappa shape index (κ1) is 21.3. The zero-order chi connectivity index (χ0) is 20.8. The normalized spacial score (nSPS) is 15.0. The minimum Gasteiger partial charge on any atom is -0.349 e. The monoisotopic (exact) mass is 410 g/mol. The molecule has 29 heavy (non-hydrogen) atoms. The first-order chi connectivity index (χ1) is 13.9. The summed E-state index contributed by atoms with van der Waals surface area (Å²) in [5, 5.41) is 3.69. The number of ketones is 1. The molecule has 0 unspecified atom stereocenters. The Kier molecular flexibility index (Phi) is 7.24. The van der Waals surface area contributed by atoms with Gasteiger partial charge in [0.25, 0.3) is 5.91 Å². The van der Waals surface area contributed by atoms with Crippen molar-refractivity contribution in [3.05, 3.63) is 81.9 Å². The van der Waals surface area contributed by atoms with Gasteiger partial charge in [-0.25, -0.2) is 0 Å². The predicted molar refractivity (Wildman–Crippen MR) is 118 cm³/mol. The second-order valence-electron chi connectivity index (χ2n) is 7.71. The van der Waals surface area contributed by atoms with Crippen molar-refractivity contribution in [2.45, 2.75) is 32.7 Å². The lowest BCUT2D eigenvalue weighted by molar-refractivity contribution is 0.0905. The van der Waals surface area contributed by atoms with E-state index in [9.17, 15) is 9.59 Å². The van der Waals surface area contributed by atoms with E-state index >= 15 is 0 Å². The van der Waals surface area contributed by atoms with Crippen LogP contribution in [0.15, 0.2) is 60.2 Å². The van der Waals surface area contributed by atoms with E-state index in [0.29, 0.717) is 21.7 Å². The third-order valence-corrected chi connectivity index (χ3v) is 5.46. The molecule has 5 heteroatoms. The van der Waals surface area contributed by atoms with Crippen molar-refractivity contribution in [3.63, 3.8) is 0 Å². The van der Waals surface area contributed by atoms with E-state index in [1.807, 2.05) is 0 Å². The van der Waals surface area contributed by atoms with Crippen molar-refractivity contribution in [2.24, 2.45) is 0 Å². The van der Waals surface area contributed by atoms with Crippen molar-refractivity contribution in [3.8, 4) is 0 Å². The number of hydrogen-bond donors (Lipinski definition) is 1. The van der Waals surface area contributed by atoms with Gasteiger partial charge in [-0.1, -0.05) is 41.4 Å². The van der Waals surface area contributed by atoms with Crippen LogP contribution in [0.25, 0.3) is 0 Å². The summed E-state index contributed by atoms with van der Waals surface area (Å²) in [5.74, 6) is -0.366. The summed E-state index contributed by atoms with van der Waals surface area (Å²) in [7, 11) is 0. The van der Waals surface area contributed by atoms with Gasteiger partial charge in [0, 0.05) is 41.8 Å². The van der Waals surface area contributed by atoms with Gasteiger partial charge in [0.1, 0.15) is 0 Å². The van der Waals surface area contributed by atoms with Crippen molar-refractivity contribution >= 4 is 23.3 Å². The highest BCUT2D eigenvalue weighted by Crippen LogP contribution is 2.18. The minimum atomic E-state index is -0.189. The number of nitrogens with one attached hydrogen (secondary N) is 1. The Hall–Kier alpha value is -2.43. The molecule has 152 valence electrons. The van der Waals surface area contributed by atoms with Gasteiger partial charge in [-0.15, -0.1) is 0 Å². The topological polar surface area (TPSA) is 49.4 Å². The van der Waals surface area contributed by atoms with E-state index < -0.39 is 0 Å². The number of nitrogens with zero attached hydrogens (tertiary/aromatic N) is 1. The van der Waals surface area contributed by atoms with Crippen LogP contribution in [0.2, 0.25) is 5.02 Å². The standard InChI is InChI=1S/C24H27ClN2O2/c1-17(2)11-14-27-15-12-20(13-16-27)26-24(29)22-6-4-3-5-21(22)23(28)18-7-9-19(25)10-8-18/h3-11,20H,12-16H2,1-2H3,(H,26,29). The van der Waals surface area contributed by atoms with Crippen molar-refractivity contribution in [2.75, 3.05) is 19.6 Å². The summed E-state index contributed by atoms with van der Waals surface area (Å²) in [6.07, 6.45) is 4.06. The number of likely N-dealkylation sites (tertiary alicyclic amines) is 1. The van der Waals surface area contributed by atoms with Crippen LogP contribution in [-0.2, 0) is 0 Å². The van der Waals surface area contributed by atoms with E-state index in [4.69, 9.17) is 11.6 Å². The van der Waals surface area contributed by atoms with Crippen LogP contribution in [0, 0.1) is 0 Å². The average Bonchev–Trinajstić information content (AvgIpc) is 2.73. The number of amides is 1. The van der Waals surface area contributed by atoms with Crippen LogP contribution in [0.5, 0.6) is 0 Å². The lowest BCUT2D eigenvalue weighted by Crippen LogP contribution is -2.44. The number of hydrogen-bond acceptors (Lipinski definition) is 3. The highest BCUT2D eigenvalue weighted by molar-refractivity contribution is 6.30. The largest absolute Gasteiger partial charge is 0.349 e. The average molecular weight is 411 g/mol. The second kappa shape index (κ2) is 9.86. The lowest BCUT2D eigenvalue weighted by atomic mass is 9.97. The molecule has 1 heterocycles. The number of benzene rings is 2. The molecule has 1 saturated heterocycles. The summed E-state index contributed by atoms with van der Waals surface area (Å²) >= 11 is 5.92. The fraction of sp³-hybridized carbons (Fsp3) is 0.333. The van der Waals surface area contributed by atoms with Crippen molar-refractivity contribution < 1.29 is 9.59 Å². The molecular formula is C24H27ClN2O2. The molecule has 2 aromatic rings. The first-order valence-corrected chi connectivity index (χ1v) is 10.4. The molecule has 1 aliphatic heterocycles. The molecule has 3 rings (SSSR count). The minimum absolute atomic E-state index is 0.129. The van der Waals surface area contributed by atoms with Crippen molar-refractivity contribution in [1.29, 1.82) is 0 Å². The molecule has 0 radical (unpaired) electrons. The molecule has 0 atom stereocenters. The lowest BCUT2D eigenvalue weighted by Gasteiger charge is -2.31. The molecule has 1 aliphatic rings. The molecule has 0 bridgehead atoms. The number of carbonyl (C=O) groups is 2. The Morgan fingerprint density at radius 3 is 2.28 bits per heavy atom. The van der Waals surface area contributed by atoms with Gasteiger partial charge >= 0.3 is 0 Å². The van der Waals surface area contributed by atoms with E-state index in [1.165, 1.54) is 5.57 Å². The maximum atomic E-state index is 12.9. The second-order valence-corrected chi connectivity index (χ2v) is 8.15. The maximum Gasteiger partial charge on any atom is 0.252 e. The SMILES string of the molecule is CC(C)=CCN1CCC(NC(=O)c2ccccc2C(=O)c2ccc(Cl)cc2)CC1. The van der Waals surface area contributed by atoms with E-state index in [1.54, 1.807) is 48.5 Å². The number of allylic oxidation sites excluding steroid dienone is 1. The summed E-state index contributed by atoms with van der Waals surface area (Å²) in [6.45, 7) is 7.09. The van der Waals surface area contributed by atoms with Crippen LogP contribution >= 0.6 is 11.6 Å². The molecule has 0 spiro atoms. The Balaban J connectivity index is 1.66. The predicted octanol–water partition coefficient (Wildman–Crippen LogP) is 4.73. The molecule has 0 aliphatic carbocycles. The molecule has 1 amide bonds. The molecule has 2 aromatic carbocycles. The Labute approximate surface area is 177 Å². The summed E-state index contributed by atoms with van der Waals surface area (Å²) < 4.78 is 0. The van der Waals surface area contributed by atoms with Crippen molar-refractivity contribution in [1.82, 2.24) is 10.2 Å². The summed E-state index contributed by atoms with van der Waals surface area (Å²) in [5.41, 5.74) is 2.66. The van der Waals surface area contributed by atoms with Gasteiger partial charge < -0.3 is 5.32 Å². The highest BCUT2D eigenvalue weighted by atomic mass is 35.5. The maximum absolute atomic E-state index is 12.9. The van der Waals surface area contributed by atoms with Crippen LogP contribution < -0.4 is 5.32 Å². The first-order valence-electron chi connectivity index (χ1n) is 10.00. The summed E-state index contributed by atoms with van der Waals surface area (Å²) in [6, 6.07) is 13.8. The van der Waals surface area contributed by atoms with Gasteiger partial charge in [0.15, 0.2) is 5.78 Å². The zero-order valence-electron chi connectivity index (χ0n) is 17.0. The van der Waals surface area contributed by atoms with Crippen LogP contribution in [0.4, 0.5) is 0 Å². The smallest absolute Gasteiger partial charge is 0.252 e. The van der Waals surface area contributed by atoms with Gasteiger partial charge in [-0.2, -0.15) is 0 Å². The third-order valence-electron chi connectivity index (χ3n) is 5.20. The Morgan fingerprint density at radius 1 is 1.03 bits per heavy atom.